The zero-order valence-corrected chi connectivity index (χ0v) is 18.4. The van der Waals surface area contributed by atoms with E-state index in [1.54, 1.807) is 45.9 Å². The Hall–Kier alpha value is -3.81. The first-order chi connectivity index (χ1) is 15.6. The zero-order chi connectivity index (χ0) is 22.5. The maximum absolute atomic E-state index is 13.1. The van der Waals surface area contributed by atoms with Crippen molar-refractivity contribution in [3.05, 3.63) is 60.4 Å². The zero-order valence-electron chi connectivity index (χ0n) is 18.4. The quantitative estimate of drug-likeness (QED) is 0.590. The molecule has 1 fully saturated rings. The Morgan fingerprint density at radius 3 is 2.16 bits per heavy atom. The monoisotopic (exact) mass is 434 g/mol. The first kappa shape index (κ1) is 21.4. The van der Waals surface area contributed by atoms with Gasteiger partial charge in [-0.05, 0) is 36.4 Å². The van der Waals surface area contributed by atoms with Crippen LogP contribution in [0, 0.1) is 0 Å². The van der Waals surface area contributed by atoms with Crippen LogP contribution < -0.4 is 19.1 Å². The van der Waals surface area contributed by atoms with Crippen molar-refractivity contribution in [2.24, 2.45) is 0 Å². The van der Waals surface area contributed by atoms with Gasteiger partial charge in [-0.1, -0.05) is 0 Å². The fraction of sp³-hybridized carbons (Fsp3) is 0.292. The summed E-state index contributed by atoms with van der Waals surface area (Å²) in [6.07, 6.45) is 1.58. The average molecular weight is 434 g/mol. The van der Waals surface area contributed by atoms with Crippen LogP contribution in [0.25, 0.3) is 11.3 Å². The number of rotatable bonds is 6. The number of anilines is 1. The summed E-state index contributed by atoms with van der Waals surface area (Å²) in [6, 6.07) is 15.0. The highest BCUT2D eigenvalue weighted by Gasteiger charge is 2.25. The molecule has 166 valence electrons. The van der Waals surface area contributed by atoms with Gasteiger partial charge in [-0.25, -0.2) is 9.97 Å². The lowest BCUT2D eigenvalue weighted by Crippen LogP contribution is -2.49. The van der Waals surface area contributed by atoms with Gasteiger partial charge in [-0.3, -0.25) is 4.79 Å². The number of amides is 1. The second kappa shape index (κ2) is 9.55. The number of benzene rings is 2. The standard InChI is InChI=1S/C24H26N4O4/c1-30-18-6-4-17(5-7-18)21-15-23(26-16-25-21)27-10-12-28(13-11-27)24(29)20-9-8-19(31-2)14-22(20)32-3/h4-9,14-16H,10-13H2,1-3H3. The van der Waals surface area contributed by atoms with Crippen LogP contribution in [0.5, 0.6) is 17.2 Å². The topological polar surface area (TPSA) is 77.0 Å². The number of carbonyl (C=O) groups is 1. The second-order valence-electron chi connectivity index (χ2n) is 7.34. The van der Waals surface area contributed by atoms with Crippen molar-refractivity contribution in [3.63, 3.8) is 0 Å². The van der Waals surface area contributed by atoms with Gasteiger partial charge in [0.25, 0.3) is 5.91 Å². The molecule has 0 unspecified atom stereocenters. The van der Waals surface area contributed by atoms with Crippen LogP contribution in [0.3, 0.4) is 0 Å². The van der Waals surface area contributed by atoms with E-state index in [1.165, 1.54) is 0 Å². The summed E-state index contributed by atoms with van der Waals surface area (Å²) < 4.78 is 15.8. The smallest absolute Gasteiger partial charge is 0.257 e. The van der Waals surface area contributed by atoms with Gasteiger partial charge in [0, 0.05) is 43.9 Å². The summed E-state index contributed by atoms with van der Waals surface area (Å²) in [5.41, 5.74) is 2.37. The Labute approximate surface area is 187 Å². The molecule has 2 aromatic carbocycles. The molecule has 1 aliphatic rings. The molecule has 32 heavy (non-hydrogen) atoms. The molecule has 0 N–H and O–H groups in total. The van der Waals surface area contributed by atoms with Gasteiger partial charge in [-0.2, -0.15) is 0 Å². The van der Waals surface area contributed by atoms with Crippen LogP contribution in [0.2, 0.25) is 0 Å². The number of hydrogen-bond donors (Lipinski definition) is 0. The fourth-order valence-electron chi connectivity index (χ4n) is 3.72. The van der Waals surface area contributed by atoms with E-state index in [0.717, 1.165) is 22.8 Å². The predicted molar refractivity (Wildman–Crippen MR) is 122 cm³/mol. The molecule has 1 amide bonds. The van der Waals surface area contributed by atoms with E-state index in [0.29, 0.717) is 43.2 Å². The molecule has 8 heteroatoms. The number of nitrogens with zero attached hydrogens (tertiary/aromatic N) is 4. The largest absolute Gasteiger partial charge is 0.497 e. The minimum Gasteiger partial charge on any atom is -0.497 e. The highest BCUT2D eigenvalue weighted by Crippen LogP contribution is 2.27. The van der Waals surface area contributed by atoms with E-state index in [1.807, 2.05) is 35.2 Å². The third-order valence-corrected chi connectivity index (χ3v) is 5.57. The third-order valence-electron chi connectivity index (χ3n) is 5.57. The summed E-state index contributed by atoms with van der Waals surface area (Å²) in [4.78, 5) is 25.9. The highest BCUT2D eigenvalue weighted by atomic mass is 16.5. The van der Waals surface area contributed by atoms with Crippen LogP contribution in [-0.2, 0) is 0 Å². The van der Waals surface area contributed by atoms with E-state index in [-0.39, 0.29) is 5.91 Å². The summed E-state index contributed by atoms with van der Waals surface area (Å²) in [5, 5.41) is 0. The van der Waals surface area contributed by atoms with Gasteiger partial charge >= 0.3 is 0 Å². The number of hydrogen-bond acceptors (Lipinski definition) is 7. The lowest BCUT2D eigenvalue weighted by atomic mass is 10.1. The van der Waals surface area contributed by atoms with Gasteiger partial charge in [0.2, 0.25) is 0 Å². The molecule has 3 aromatic rings. The van der Waals surface area contributed by atoms with Crippen molar-refractivity contribution in [2.75, 3.05) is 52.4 Å². The lowest BCUT2D eigenvalue weighted by molar-refractivity contribution is 0.0743. The summed E-state index contributed by atoms with van der Waals surface area (Å²) >= 11 is 0. The maximum atomic E-state index is 13.1. The van der Waals surface area contributed by atoms with Gasteiger partial charge < -0.3 is 24.0 Å². The first-order valence-corrected chi connectivity index (χ1v) is 10.4. The molecule has 0 bridgehead atoms. The van der Waals surface area contributed by atoms with Gasteiger partial charge in [0.05, 0.1) is 32.6 Å². The molecule has 4 rings (SSSR count). The van der Waals surface area contributed by atoms with E-state index in [9.17, 15) is 4.79 Å². The Balaban J connectivity index is 1.44. The van der Waals surface area contributed by atoms with E-state index >= 15 is 0 Å². The van der Waals surface area contributed by atoms with Crippen molar-refractivity contribution in [3.8, 4) is 28.5 Å². The normalized spacial score (nSPS) is 13.6. The van der Waals surface area contributed by atoms with Crippen molar-refractivity contribution < 1.29 is 19.0 Å². The Kier molecular flexibility index (Phi) is 6.39. The van der Waals surface area contributed by atoms with Crippen LogP contribution in [-0.4, -0.2) is 68.3 Å². The Bertz CT molecular complexity index is 1080. The molecule has 0 saturated carbocycles. The summed E-state index contributed by atoms with van der Waals surface area (Å²) in [6.45, 7) is 2.55. The molecule has 0 radical (unpaired) electrons. The van der Waals surface area contributed by atoms with Crippen molar-refractivity contribution in [2.45, 2.75) is 0 Å². The Morgan fingerprint density at radius 2 is 1.50 bits per heavy atom. The second-order valence-corrected chi connectivity index (χ2v) is 7.34. The molecular weight excluding hydrogens is 408 g/mol. The highest BCUT2D eigenvalue weighted by molar-refractivity contribution is 5.97. The van der Waals surface area contributed by atoms with Crippen LogP contribution in [0.15, 0.2) is 54.9 Å². The van der Waals surface area contributed by atoms with Crippen LogP contribution >= 0.6 is 0 Å². The molecule has 1 saturated heterocycles. The fourth-order valence-corrected chi connectivity index (χ4v) is 3.72. The van der Waals surface area contributed by atoms with Gasteiger partial charge in [0.15, 0.2) is 0 Å². The molecule has 0 spiro atoms. The average Bonchev–Trinajstić information content (AvgIpc) is 2.88. The minimum atomic E-state index is -0.0502. The summed E-state index contributed by atoms with van der Waals surface area (Å²) in [7, 11) is 4.79. The molecule has 8 nitrogen and oxygen atoms in total. The third kappa shape index (κ3) is 4.44. The van der Waals surface area contributed by atoms with Crippen molar-refractivity contribution in [1.29, 1.82) is 0 Å². The number of methoxy groups -OCH3 is 3. The molecule has 0 aliphatic carbocycles. The Morgan fingerprint density at radius 1 is 0.812 bits per heavy atom. The number of ether oxygens (including phenoxy) is 3. The number of piperazine rings is 1. The lowest BCUT2D eigenvalue weighted by Gasteiger charge is -2.35. The number of aromatic nitrogens is 2. The maximum Gasteiger partial charge on any atom is 0.257 e. The molecule has 1 aliphatic heterocycles. The van der Waals surface area contributed by atoms with Crippen molar-refractivity contribution >= 4 is 11.7 Å². The first-order valence-electron chi connectivity index (χ1n) is 10.4. The van der Waals surface area contributed by atoms with Crippen molar-refractivity contribution in [1.82, 2.24) is 14.9 Å². The number of carbonyl (C=O) groups excluding carboxylic acids is 1. The van der Waals surface area contributed by atoms with Gasteiger partial charge in [0.1, 0.15) is 29.4 Å². The SMILES string of the molecule is COc1ccc(-c2cc(N3CCN(C(=O)c4ccc(OC)cc4OC)CC3)ncn2)cc1. The predicted octanol–water partition coefficient (Wildman–Crippen LogP) is 3.13. The summed E-state index contributed by atoms with van der Waals surface area (Å²) in [5.74, 6) is 2.76. The van der Waals surface area contributed by atoms with E-state index in [2.05, 4.69) is 14.9 Å². The molecular formula is C24H26N4O4. The van der Waals surface area contributed by atoms with E-state index in [4.69, 9.17) is 14.2 Å². The van der Waals surface area contributed by atoms with Gasteiger partial charge in [-0.15, -0.1) is 0 Å². The molecule has 2 heterocycles. The van der Waals surface area contributed by atoms with Crippen LogP contribution in [0.1, 0.15) is 10.4 Å². The minimum absolute atomic E-state index is 0.0502. The molecule has 0 atom stereocenters. The van der Waals surface area contributed by atoms with Crippen LogP contribution in [0.4, 0.5) is 5.82 Å². The molecule has 1 aromatic heterocycles. The van der Waals surface area contributed by atoms with E-state index < -0.39 is 0 Å².